The van der Waals surface area contributed by atoms with Gasteiger partial charge < -0.3 is 16.0 Å². The molecule has 15 heavy (non-hydrogen) atoms. The summed E-state index contributed by atoms with van der Waals surface area (Å²) in [5.74, 6) is 0.941. The summed E-state index contributed by atoms with van der Waals surface area (Å²) in [6.45, 7) is 6.82. The zero-order valence-electron chi connectivity index (χ0n) is 9.67. The Labute approximate surface area is 92.2 Å². The molecule has 4 heteroatoms. The van der Waals surface area contributed by atoms with Crippen molar-refractivity contribution in [1.82, 2.24) is 10.2 Å². The van der Waals surface area contributed by atoms with E-state index in [1.54, 1.807) is 0 Å². The smallest absolute Gasteiger partial charge is 0.221 e. The van der Waals surface area contributed by atoms with Crippen molar-refractivity contribution in [1.29, 1.82) is 0 Å². The first-order valence-electron chi connectivity index (χ1n) is 5.91. The van der Waals surface area contributed by atoms with E-state index in [9.17, 15) is 4.79 Å². The van der Waals surface area contributed by atoms with E-state index in [-0.39, 0.29) is 5.91 Å². The van der Waals surface area contributed by atoms with Crippen molar-refractivity contribution in [2.24, 2.45) is 11.7 Å². The summed E-state index contributed by atoms with van der Waals surface area (Å²) < 4.78 is 0. The summed E-state index contributed by atoms with van der Waals surface area (Å²) in [4.78, 5) is 13.5. The number of hydrogen-bond acceptors (Lipinski definition) is 3. The number of amides is 1. The van der Waals surface area contributed by atoms with Gasteiger partial charge >= 0.3 is 0 Å². The molecule has 1 amide bonds. The van der Waals surface area contributed by atoms with E-state index >= 15 is 0 Å². The van der Waals surface area contributed by atoms with Crippen LogP contribution in [0.5, 0.6) is 0 Å². The molecule has 0 atom stereocenters. The molecule has 1 heterocycles. The highest BCUT2D eigenvalue weighted by Crippen LogP contribution is 2.14. The summed E-state index contributed by atoms with van der Waals surface area (Å²) in [6.07, 6.45) is 3.02. The van der Waals surface area contributed by atoms with Gasteiger partial charge in [-0.05, 0) is 31.8 Å². The number of nitrogens with zero attached hydrogens (tertiary/aromatic N) is 1. The Balaban J connectivity index is 2.02. The van der Waals surface area contributed by atoms with Crippen LogP contribution in [0.25, 0.3) is 0 Å². The summed E-state index contributed by atoms with van der Waals surface area (Å²) in [5.41, 5.74) is 5.29. The SMILES string of the molecule is CC1CCN(CCNC(=O)CCN)CC1. The minimum Gasteiger partial charge on any atom is -0.355 e. The van der Waals surface area contributed by atoms with Crippen LogP contribution in [-0.2, 0) is 4.79 Å². The van der Waals surface area contributed by atoms with Gasteiger partial charge in [0.2, 0.25) is 5.91 Å². The van der Waals surface area contributed by atoms with Gasteiger partial charge in [-0.25, -0.2) is 0 Å². The molecule has 0 aromatic carbocycles. The molecule has 1 rings (SSSR count). The van der Waals surface area contributed by atoms with Gasteiger partial charge in [-0.15, -0.1) is 0 Å². The summed E-state index contributed by atoms with van der Waals surface area (Å²) in [5, 5.41) is 2.88. The van der Waals surface area contributed by atoms with Crippen LogP contribution in [0.4, 0.5) is 0 Å². The summed E-state index contributed by atoms with van der Waals surface area (Å²) >= 11 is 0. The maximum atomic E-state index is 11.1. The van der Waals surface area contributed by atoms with Gasteiger partial charge in [0.1, 0.15) is 0 Å². The number of hydrogen-bond donors (Lipinski definition) is 2. The van der Waals surface area contributed by atoms with E-state index in [0.717, 1.165) is 19.0 Å². The number of rotatable bonds is 5. The third-order valence-electron chi connectivity index (χ3n) is 3.00. The Morgan fingerprint density at radius 1 is 1.47 bits per heavy atom. The van der Waals surface area contributed by atoms with Crippen LogP contribution in [-0.4, -0.2) is 43.5 Å². The van der Waals surface area contributed by atoms with Gasteiger partial charge in [-0.3, -0.25) is 4.79 Å². The van der Waals surface area contributed by atoms with Crippen molar-refractivity contribution < 1.29 is 4.79 Å². The molecule has 0 radical (unpaired) electrons. The van der Waals surface area contributed by atoms with Crippen LogP contribution < -0.4 is 11.1 Å². The van der Waals surface area contributed by atoms with E-state index in [0.29, 0.717) is 13.0 Å². The Hall–Kier alpha value is -0.610. The van der Waals surface area contributed by atoms with Crippen LogP contribution >= 0.6 is 0 Å². The van der Waals surface area contributed by atoms with Crippen molar-refractivity contribution in [2.45, 2.75) is 26.2 Å². The maximum Gasteiger partial charge on any atom is 0.221 e. The molecule has 0 saturated carbocycles. The molecule has 1 aliphatic heterocycles. The Kier molecular flexibility index (Phi) is 5.65. The van der Waals surface area contributed by atoms with E-state index in [2.05, 4.69) is 17.1 Å². The Morgan fingerprint density at radius 2 is 2.13 bits per heavy atom. The first-order chi connectivity index (χ1) is 7.22. The third kappa shape index (κ3) is 5.14. The number of nitrogens with two attached hydrogens (primary N) is 1. The molecule has 4 nitrogen and oxygen atoms in total. The zero-order chi connectivity index (χ0) is 11.1. The number of likely N-dealkylation sites (tertiary alicyclic amines) is 1. The number of nitrogens with one attached hydrogen (secondary N) is 1. The van der Waals surface area contributed by atoms with Crippen LogP contribution in [0.2, 0.25) is 0 Å². The first-order valence-corrected chi connectivity index (χ1v) is 5.91. The van der Waals surface area contributed by atoms with Crippen molar-refractivity contribution >= 4 is 5.91 Å². The van der Waals surface area contributed by atoms with Crippen molar-refractivity contribution in [3.05, 3.63) is 0 Å². The van der Waals surface area contributed by atoms with E-state index in [1.165, 1.54) is 25.9 Å². The normalized spacial score (nSPS) is 19.1. The van der Waals surface area contributed by atoms with Gasteiger partial charge in [-0.2, -0.15) is 0 Å². The lowest BCUT2D eigenvalue weighted by atomic mass is 9.99. The van der Waals surface area contributed by atoms with E-state index in [4.69, 9.17) is 5.73 Å². The Morgan fingerprint density at radius 3 is 2.73 bits per heavy atom. The molecule has 1 fully saturated rings. The molecule has 1 aliphatic rings. The van der Waals surface area contributed by atoms with E-state index < -0.39 is 0 Å². The standard InChI is InChI=1S/C11H23N3O/c1-10-3-7-14(8-4-10)9-6-13-11(15)2-5-12/h10H,2-9,12H2,1H3,(H,13,15). The lowest BCUT2D eigenvalue weighted by Gasteiger charge is -2.30. The first kappa shape index (κ1) is 12.5. The molecule has 0 aromatic heterocycles. The van der Waals surface area contributed by atoms with Gasteiger partial charge in [0.25, 0.3) is 0 Å². The highest BCUT2D eigenvalue weighted by molar-refractivity contribution is 5.75. The molecule has 1 saturated heterocycles. The van der Waals surface area contributed by atoms with E-state index in [1.807, 2.05) is 0 Å². The molecule has 0 aliphatic carbocycles. The van der Waals surface area contributed by atoms with Gasteiger partial charge in [0, 0.05) is 26.1 Å². The second-order valence-electron chi connectivity index (χ2n) is 4.41. The highest BCUT2D eigenvalue weighted by Gasteiger charge is 2.14. The van der Waals surface area contributed by atoms with Crippen LogP contribution in [0.15, 0.2) is 0 Å². The fourth-order valence-electron chi connectivity index (χ4n) is 1.86. The van der Waals surface area contributed by atoms with Crippen molar-refractivity contribution in [2.75, 3.05) is 32.7 Å². The molecule has 0 bridgehead atoms. The lowest BCUT2D eigenvalue weighted by Crippen LogP contribution is -2.39. The molecule has 0 unspecified atom stereocenters. The predicted molar refractivity (Wildman–Crippen MR) is 61.5 cm³/mol. The van der Waals surface area contributed by atoms with Crippen LogP contribution in [0.1, 0.15) is 26.2 Å². The molecular weight excluding hydrogens is 190 g/mol. The van der Waals surface area contributed by atoms with Crippen LogP contribution in [0, 0.1) is 5.92 Å². The number of carbonyl (C=O) groups excluding carboxylic acids is 1. The van der Waals surface area contributed by atoms with Gasteiger partial charge in [0.15, 0.2) is 0 Å². The number of carbonyl (C=O) groups is 1. The fraction of sp³-hybridized carbons (Fsp3) is 0.909. The number of piperidine rings is 1. The molecular formula is C11H23N3O. The maximum absolute atomic E-state index is 11.1. The Bertz CT molecular complexity index is 188. The summed E-state index contributed by atoms with van der Waals surface area (Å²) in [7, 11) is 0. The fourth-order valence-corrected chi connectivity index (χ4v) is 1.86. The molecule has 0 spiro atoms. The van der Waals surface area contributed by atoms with Crippen LogP contribution in [0.3, 0.4) is 0 Å². The monoisotopic (exact) mass is 213 g/mol. The van der Waals surface area contributed by atoms with Crippen molar-refractivity contribution in [3.8, 4) is 0 Å². The quantitative estimate of drug-likeness (QED) is 0.685. The second kappa shape index (κ2) is 6.80. The predicted octanol–water partition coefficient (Wildman–Crippen LogP) is 0.183. The minimum atomic E-state index is 0.0721. The largest absolute Gasteiger partial charge is 0.355 e. The average Bonchev–Trinajstić information content (AvgIpc) is 2.21. The lowest BCUT2D eigenvalue weighted by molar-refractivity contribution is -0.120. The molecule has 88 valence electrons. The topological polar surface area (TPSA) is 58.4 Å². The van der Waals surface area contributed by atoms with Crippen molar-refractivity contribution in [3.63, 3.8) is 0 Å². The van der Waals surface area contributed by atoms with Gasteiger partial charge in [0.05, 0.1) is 0 Å². The third-order valence-corrected chi connectivity index (χ3v) is 3.00. The average molecular weight is 213 g/mol. The molecule has 0 aromatic rings. The zero-order valence-corrected chi connectivity index (χ0v) is 9.67. The second-order valence-corrected chi connectivity index (χ2v) is 4.41. The molecule has 3 N–H and O–H groups in total. The minimum absolute atomic E-state index is 0.0721. The summed E-state index contributed by atoms with van der Waals surface area (Å²) in [6, 6.07) is 0. The highest BCUT2D eigenvalue weighted by atomic mass is 16.1. The van der Waals surface area contributed by atoms with Gasteiger partial charge in [-0.1, -0.05) is 6.92 Å².